The zero-order chi connectivity index (χ0) is 12.4. The minimum atomic E-state index is 0.0163. The van der Waals surface area contributed by atoms with Gasteiger partial charge in [0, 0.05) is 47.2 Å². The van der Waals surface area contributed by atoms with Crippen molar-refractivity contribution in [2.24, 2.45) is 0 Å². The van der Waals surface area contributed by atoms with E-state index in [0.717, 1.165) is 32.1 Å². The van der Waals surface area contributed by atoms with E-state index in [1.807, 2.05) is 19.0 Å². The Morgan fingerprint density at radius 2 is 2.00 bits per heavy atom. The predicted octanol–water partition coefficient (Wildman–Crippen LogP) is 0.0879. The molecule has 0 unspecified atom stereocenters. The molecule has 6 nitrogen and oxygen atoms in total. The number of imidazole rings is 1. The number of piperazine rings is 1. The second-order valence-corrected chi connectivity index (χ2v) is 4.45. The van der Waals surface area contributed by atoms with Crippen LogP contribution in [0.1, 0.15) is 17.4 Å². The first-order chi connectivity index (χ1) is 8.09. The van der Waals surface area contributed by atoms with Crippen molar-refractivity contribution >= 4 is 17.5 Å². The molecule has 0 aromatic carbocycles. The van der Waals surface area contributed by atoms with Crippen LogP contribution in [0, 0.1) is 0 Å². The maximum atomic E-state index is 11.5. The highest BCUT2D eigenvalue weighted by molar-refractivity contribution is 5.97. The normalized spacial score (nSPS) is 16.1. The maximum absolute atomic E-state index is 11.5. The molecule has 94 valence electrons. The van der Waals surface area contributed by atoms with Gasteiger partial charge in [-0.1, -0.05) is 0 Å². The summed E-state index contributed by atoms with van der Waals surface area (Å²) in [7, 11) is 3.79. The Labute approximate surface area is 101 Å². The fourth-order valence-electron chi connectivity index (χ4n) is 1.95. The molecule has 2 rings (SSSR count). The average Bonchev–Trinajstić information content (AvgIpc) is 2.75. The van der Waals surface area contributed by atoms with Gasteiger partial charge in [0.05, 0.1) is 0 Å². The number of carbonyl (C=O) groups is 1. The zero-order valence-corrected chi connectivity index (χ0v) is 10.6. The van der Waals surface area contributed by atoms with Crippen molar-refractivity contribution in [3.05, 3.63) is 5.69 Å². The lowest BCUT2D eigenvalue weighted by molar-refractivity contribution is 0.101. The van der Waals surface area contributed by atoms with Gasteiger partial charge in [-0.25, -0.2) is 0 Å². The molecule has 1 aliphatic rings. The minimum absolute atomic E-state index is 0.0163. The monoisotopic (exact) mass is 237 g/mol. The number of nitrogens with zero attached hydrogens (tertiary/aromatic N) is 3. The standard InChI is InChI=1S/C11H19N5O/c1-8(17)9-10(15(2)3)14-11(13-9)16-6-4-12-5-7-16/h12H,4-7H2,1-3H3,(H,13,14). The van der Waals surface area contributed by atoms with Crippen molar-refractivity contribution in [3.63, 3.8) is 0 Å². The topological polar surface area (TPSA) is 64.3 Å². The zero-order valence-electron chi connectivity index (χ0n) is 10.6. The Morgan fingerprint density at radius 1 is 1.35 bits per heavy atom. The molecule has 2 N–H and O–H groups in total. The van der Waals surface area contributed by atoms with Crippen LogP contribution in [0.15, 0.2) is 0 Å². The van der Waals surface area contributed by atoms with Crippen molar-refractivity contribution in [3.8, 4) is 0 Å². The van der Waals surface area contributed by atoms with Gasteiger partial charge in [0.15, 0.2) is 11.6 Å². The summed E-state index contributed by atoms with van der Waals surface area (Å²) in [5.41, 5.74) is 0.587. The molecule has 0 saturated carbocycles. The summed E-state index contributed by atoms with van der Waals surface area (Å²) >= 11 is 0. The summed E-state index contributed by atoms with van der Waals surface area (Å²) in [4.78, 5) is 23.2. The fraction of sp³-hybridized carbons (Fsp3) is 0.636. The summed E-state index contributed by atoms with van der Waals surface area (Å²) in [6, 6.07) is 0. The van der Waals surface area contributed by atoms with E-state index in [2.05, 4.69) is 20.2 Å². The number of ketones is 1. The van der Waals surface area contributed by atoms with Crippen LogP contribution in [0.5, 0.6) is 0 Å². The van der Waals surface area contributed by atoms with Gasteiger partial charge in [-0.05, 0) is 0 Å². The Bertz CT molecular complexity index is 406. The number of hydrogen-bond donors (Lipinski definition) is 2. The molecular formula is C11H19N5O. The van der Waals surface area contributed by atoms with Gasteiger partial charge in [0.2, 0.25) is 5.95 Å². The molecule has 17 heavy (non-hydrogen) atoms. The molecule has 0 atom stereocenters. The van der Waals surface area contributed by atoms with Crippen LogP contribution in [-0.4, -0.2) is 56.0 Å². The molecule has 0 radical (unpaired) electrons. The van der Waals surface area contributed by atoms with E-state index < -0.39 is 0 Å². The quantitative estimate of drug-likeness (QED) is 0.729. The first kappa shape index (κ1) is 11.9. The summed E-state index contributed by atoms with van der Waals surface area (Å²) in [5, 5.41) is 3.29. The van der Waals surface area contributed by atoms with E-state index in [4.69, 9.17) is 0 Å². The van der Waals surface area contributed by atoms with E-state index in [9.17, 15) is 4.79 Å². The second-order valence-electron chi connectivity index (χ2n) is 4.45. The first-order valence-corrected chi connectivity index (χ1v) is 5.83. The van der Waals surface area contributed by atoms with Crippen molar-refractivity contribution in [2.45, 2.75) is 6.92 Å². The van der Waals surface area contributed by atoms with Crippen molar-refractivity contribution < 1.29 is 4.79 Å². The minimum Gasteiger partial charge on any atom is -0.361 e. The molecule has 1 aliphatic heterocycles. The summed E-state index contributed by atoms with van der Waals surface area (Å²) in [5.74, 6) is 1.52. The van der Waals surface area contributed by atoms with Gasteiger partial charge in [0.1, 0.15) is 5.69 Å². The lowest BCUT2D eigenvalue weighted by Crippen LogP contribution is -2.44. The van der Waals surface area contributed by atoms with Gasteiger partial charge >= 0.3 is 0 Å². The molecule has 1 saturated heterocycles. The Morgan fingerprint density at radius 3 is 2.47 bits per heavy atom. The average molecular weight is 237 g/mol. The Balaban J connectivity index is 2.29. The van der Waals surface area contributed by atoms with Crippen LogP contribution in [-0.2, 0) is 0 Å². The van der Waals surface area contributed by atoms with Crippen LogP contribution in [0.3, 0.4) is 0 Å². The molecule has 1 aromatic heterocycles. The number of hydrogen-bond acceptors (Lipinski definition) is 5. The smallest absolute Gasteiger partial charge is 0.205 e. The summed E-state index contributed by atoms with van der Waals surface area (Å²) in [6.07, 6.45) is 0. The SMILES string of the molecule is CC(=O)c1[nH]c(N2CCNCC2)nc1N(C)C. The predicted molar refractivity (Wildman–Crippen MR) is 68.0 cm³/mol. The van der Waals surface area contributed by atoms with Crippen molar-refractivity contribution in [2.75, 3.05) is 50.1 Å². The lowest BCUT2D eigenvalue weighted by atomic mass is 10.3. The van der Waals surface area contributed by atoms with Gasteiger partial charge in [-0.2, -0.15) is 4.98 Å². The highest BCUT2D eigenvalue weighted by Crippen LogP contribution is 2.21. The highest BCUT2D eigenvalue weighted by Gasteiger charge is 2.20. The molecule has 0 bridgehead atoms. The highest BCUT2D eigenvalue weighted by atomic mass is 16.1. The van der Waals surface area contributed by atoms with E-state index >= 15 is 0 Å². The fourth-order valence-corrected chi connectivity index (χ4v) is 1.95. The number of anilines is 2. The van der Waals surface area contributed by atoms with Crippen LogP contribution < -0.4 is 15.1 Å². The number of rotatable bonds is 3. The van der Waals surface area contributed by atoms with Gasteiger partial charge in [0.25, 0.3) is 0 Å². The Kier molecular flexibility index (Phi) is 3.33. The van der Waals surface area contributed by atoms with E-state index in [1.54, 1.807) is 6.92 Å². The number of aromatic amines is 1. The third-order valence-corrected chi connectivity index (χ3v) is 2.86. The number of carbonyl (C=O) groups excluding carboxylic acids is 1. The van der Waals surface area contributed by atoms with E-state index in [1.165, 1.54) is 0 Å². The van der Waals surface area contributed by atoms with Gasteiger partial charge in [-0.15, -0.1) is 0 Å². The number of aromatic nitrogens is 2. The largest absolute Gasteiger partial charge is 0.361 e. The number of Topliss-reactive ketones (excluding diaryl/α,β-unsaturated/α-hetero) is 1. The molecule has 1 fully saturated rings. The molecule has 2 heterocycles. The van der Waals surface area contributed by atoms with Crippen LogP contribution in [0.25, 0.3) is 0 Å². The number of nitrogens with one attached hydrogen (secondary N) is 2. The second kappa shape index (κ2) is 4.75. The molecule has 0 amide bonds. The summed E-state index contributed by atoms with van der Waals surface area (Å²) < 4.78 is 0. The van der Waals surface area contributed by atoms with Crippen molar-refractivity contribution in [1.29, 1.82) is 0 Å². The van der Waals surface area contributed by atoms with Gasteiger partial charge < -0.3 is 20.1 Å². The summed E-state index contributed by atoms with van der Waals surface area (Å²) in [6.45, 7) is 5.29. The lowest BCUT2D eigenvalue weighted by Gasteiger charge is -2.26. The van der Waals surface area contributed by atoms with E-state index in [0.29, 0.717) is 11.5 Å². The molecular weight excluding hydrogens is 218 g/mol. The molecule has 6 heteroatoms. The molecule has 0 spiro atoms. The third kappa shape index (κ3) is 2.41. The van der Waals surface area contributed by atoms with Crippen LogP contribution in [0.2, 0.25) is 0 Å². The van der Waals surface area contributed by atoms with Crippen LogP contribution >= 0.6 is 0 Å². The number of H-pyrrole nitrogens is 1. The third-order valence-electron chi connectivity index (χ3n) is 2.86. The first-order valence-electron chi connectivity index (χ1n) is 5.83. The molecule has 0 aliphatic carbocycles. The van der Waals surface area contributed by atoms with Gasteiger partial charge in [-0.3, -0.25) is 4.79 Å². The Hall–Kier alpha value is -1.56. The van der Waals surface area contributed by atoms with E-state index in [-0.39, 0.29) is 5.78 Å². The molecule has 1 aromatic rings. The van der Waals surface area contributed by atoms with Crippen molar-refractivity contribution in [1.82, 2.24) is 15.3 Å². The maximum Gasteiger partial charge on any atom is 0.205 e. The van der Waals surface area contributed by atoms with Crippen LogP contribution in [0.4, 0.5) is 11.8 Å².